The van der Waals surface area contributed by atoms with Gasteiger partial charge in [-0.3, -0.25) is 4.79 Å². The first-order valence-electron chi connectivity index (χ1n) is 8.32. The van der Waals surface area contributed by atoms with E-state index >= 15 is 0 Å². The number of phenols is 1. The summed E-state index contributed by atoms with van der Waals surface area (Å²) in [5.41, 5.74) is 2.04. The Hall–Kier alpha value is -2.54. The molecule has 26 heavy (non-hydrogen) atoms. The molecular weight excluding hydrogens is 354 g/mol. The average Bonchev–Trinajstić information content (AvgIpc) is 3.27. The van der Waals surface area contributed by atoms with E-state index in [4.69, 9.17) is 14.2 Å². The van der Waals surface area contributed by atoms with Gasteiger partial charge >= 0.3 is 0 Å². The second-order valence-corrected chi connectivity index (χ2v) is 7.19. The molecule has 0 saturated carbocycles. The fraction of sp³-hybridized carbons (Fsp3) is 0.316. The minimum atomic E-state index is -0.0805. The molecule has 0 aliphatic carbocycles. The third-order valence-electron chi connectivity index (χ3n) is 4.51. The van der Waals surface area contributed by atoms with Gasteiger partial charge in [0, 0.05) is 6.54 Å². The summed E-state index contributed by atoms with van der Waals surface area (Å²) in [7, 11) is 1.59. The minimum Gasteiger partial charge on any atom is -0.508 e. The molecule has 1 N–H and O–H groups in total. The molecule has 4 rings (SSSR count). The lowest BCUT2D eigenvalue weighted by Gasteiger charge is -2.25. The van der Waals surface area contributed by atoms with E-state index < -0.39 is 0 Å². The largest absolute Gasteiger partial charge is 0.508 e. The Morgan fingerprint density at radius 2 is 2.08 bits per heavy atom. The summed E-state index contributed by atoms with van der Waals surface area (Å²) in [6.07, 6.45) is 0.727. The molecule has 1 fully saturated rings. The molecular formula is C19H19NO5S. The number of ether oxygens (including phenoxy) is 3. The van der Waals surface area contributed by atoms with E-state index in [1.807, 2.05) is 29.2 Å². The van der Waals surface area contributed by atoms with Crippen LogP contribution in [0.15, 0.2) is 36.4 Å². The lowest BCUT2D eigenvalue weighted by molar-refractivity contribution is -0.128. The van der Waals surface area contributed by atoms with Gasteiger partial charge in [0.25, 0.3) is 0 Å². The van der Waals surface area contributed by atoms with Gasteiger partial charge in [-0.2, -0.15) is 0 Å². The number of rotatable bonds is 5. The van der Waals surface area contributed by atoms with Crippen LogP contribution >= 0.6 is 11.8 Å². The number of benzene rings is 2. The highest BCUT2D eigenvalue weighted by Crippen LogP contribution is 2.47. The van der Waals surface area contributed by atoms with Gasteiger partial charge in [-0.05, 0) is 41.8 Å². The van der Waals surface area contributed by atoms with E-state index in [0.29, 0.717) is 29.5 Å². The van der Waals surface area contributed by atoms with Crippen LogP contribution in [-0.4, -0.2) is 42.1 Å². The molecule has 1 amide bonds. The zero-order valence-corrected chi connectivity index (χ0v) is 15.1. The van der Waals surface area contributed by atoms with Gasteiger partial charge in [-0.15, -0.1) is 11.8 Å². The van der Waals surface area contributed by atoms with Gasteiger partial charge in [0.05, 0.1) is 12.9 Å². The molecule has 1 saturated heterocycles. The Bertz CT molecular complexity index is 823. The van der Waals surface area contributed by atoms with Crippen LogP contribution in [0.3, 0.4) is 0 Å². The molecule has 7 heteroatoms. The Kier molecular flexibility index (Phi) is 4.55. The number of fused-ring (bicyclic) bond motifs is 1. The highest BCUT2D eigenvalue weighted by atomic mass is 32.2. The molecule has 1 unspecified atom stereocenters. The lowest BCUT2D eigenvalue weighted by Crippen LogP contribution is -2.30. The first-order valence-corrected chi connectivity index (χ1v) is 9.37. The van der Waals surface area contributed by atoms with Crippen LogP contribution in [-0.2, 0) is 11.2 Å². The molecule has 136 valence electrons. The van der Waals surface area contributed by atoms with Crippen molar-refractivity contribution in [2.24, 2.45) is 0 Å². The molecule has 2 aromatic rings. The van der Waals surface area contributed by atoms with E-state index in [9.17, 15) is 9.90 Å². The topological polar surface area (TPSA) is 68.2 Å². The van der Waals surface area contributed by atoms with Crippen LogP contribution in [0.25, 0.3) is 0 Å². The van der Waals surface area contributed by atoms with Crippen LogP contribution in [0.2, 0.25) is 0 Å². The number of thioether (sulfide) groups is 1. The SMILES string of the molecule is COc1cc(C2SCC(=O)N2CCc2ccc(O)cc2)cc2c1OCO2. The summed E-state index contributed by atoms with van der Waals surface area (Å²) in [6, 6.07) is 10.9. The fourth-order valence-electron chi connectivity index (χ4n) is 3.18. The van der Waals surface area contributed by atoms with E-state index in [0.717, 1.165) is 17.5 Å². The highest BCUT2D eigenvalue weighted by molar-refractivity contribution is 8.00. The van der Waals surface area contributed by atoms with Crippen LogP contribution in [0.5, 0.6) is 23.0 Å². The highest BCUT2D eigenvalue weighted by Gasteiger charge is 2.34. The van der Waals surface area contributed by atoms with E-state index in [2.05, 4.69) is 0 Å². The number of phenolic OH excluding ortho intramolecular Hbond substituents is 1. The van der Waals surface area contributed by atoms with Crippen molar-refractivity contribution in [2.75, 3.05) is 26.2 Å². The first-order chi connectivity index (χ1) is 12.7. The molecule has 2 aromatic carbocycles. The number of hydrogen-bond acceptors (Lipinski definition) is 6. The Morgan fingerprint density at radius 3 is 2.85 bits per heavy atom. The first kappa shape index (κ1) is 16.9. The third kappa shape index (κ3) is 3.14. The second-order valence-electron chi connectivity index (χ2n) is 6.12. The summed E-state index contributed by atoms with van der Waals surface area (Å²) in [4.78, 5) is 14.3. The number of methoxy groups -OCH3 is 1. The Labute approximate surface area is 155 Å². The molecule has 1 atom stereocenters. The number of nitrogens with zero attached hydrogens (tertiary/aromatic N) is 1. The maximum absolute atomic E-state index is 12.4. The monoisotopic (exact) mass is 373 g/mol. The van der Waals surface area contributed by atoms with Crippen LogP contribution in [0, 0.1) is 0 Å². The van der Waals surface area contributed by atoms with Gasteiger partial charge in [-0.1, -0.05) is 12.1 Å². The van der Waals surface area contributed by atoms with Gasteiger partial charge in [0.15, 0.2) is 11.5 Å². The molecule has 0 radical (unpaired) electrons. The van der Waals surface area contributed by atoms with Crippen LogP contribution in [0.1, 0.15) is 16.5 Å². The fourth-order valence-corrected chi connectivity index (χ4v) is 4.37. The van der Waals surface area contributed by atoms with Crippen molar-refractivity contribution in [3.05, 3.63) is 47.5 Å². The number of carbonyl (C=O) groups excluding carboxylic acids is 1. The van der Waals surface area contributed by atoms with Crippen molar-refractivity contribution in [1.82, 2.24) is 4.90 Å². The van der Waals surface area contributed by atoms with Crippen molar-refractivity contribution >= 4 is 17.7 Å². The summed E-state index contributed by atoms with van der Waals surface area (Å²) in [6.45, 7) is 0.786. The van der Waals surface area contributed by atoms with Crippen molar-refractivity contribution in [1.29, 1.82) is 0 Å². The predicted molar refractivity (Wildman–Crippen MR) is 97.8 cm³/mol. The summed E-state index contributed by atoms with van der Waals surface area (Å²) < 4.78 is 16.4. The smallest absolute Gasteiger partial charge is 0.233 e. The van der Waals surface area contributed by atoms with Crippen molar-refractivity contribution in [2.45, 2.75) is 11.8 Å². The van der Waals surface area contributed by atoms with E-state index in [-0.39, 0.29) is 23.8 Å². The maximum Gasteiger partial charge on any atom is 0.233 e. The van der Waals surface area contributed by atoms with Crippen molar-refractivity contribution in [3.63, 3.8) is 0 Å². The van der Waals surface area contributed by atoms with E-state index in [1.54, 1.807) is 31.0 Å². The zero-order valence-electron chi connectivity index (χ0n) is 14.3. The van der Waals surface area contributed by atoms with Crippen LogP contribution in [0.4, 0.5) is 0 Å². The molecule has 0 spiro atoms. The van der Waals surface area contributed by atoms with Crippen molar-refractivity contribution < 1.29 is 24.1 Å². The van der Waals surface area contributed by atoms with Gasteiger partial charge in [0.2, 0.25) is 18.4 Å². The summed E-state index contributed by atoms with van der Waals surface area (Å²) in [5, 5.41) is 9.31. The summed E-state index contributed by atoms with van der Waals surface area (Å²) in [5.74, 6) is 2.70. The van der Waals surface area contributed by atoms with Crippen LogP contribution < -0.4 is 14.2 Å². The molecule has 2 aliphatic rings. The second kappa shape index (κ2) is 6.99. The quantitative estimate of drug-likeness (QED) is 0.869. The molecule has 0 aromatic heterocycles. The standard InChI is InChI=1S/C19H19NO5S/c1-23-15-8-13(9-16-18(15)25-11-24-16)19-20(17(22)10-26-19)7-6-12-2-4-14(21)5-3-12/h2-5,8-9,19,21H,6-7,10-11H2,1H3. The van der Waals surface area contributed by atoms with Crippen molar-refractivity contribution in [3.8, 4) is 23.0 Å². The number of aromatic hydroxyl groups is 1. The van der Waals surface area contributed by atoms with E-state index in [1.165, 1.54) is 0 Å². The molecule has 2 heterocycles. The maximum atomic E-state index is 12.4. The Morgan fingerprint density at radius 1 is 1.27 bits per heavy atom. The van der Waals surface area contributed by atoms with Gasteiger partial charge < -0.3 is 24.2 Å². The van der Waals surface area contributed by atoms with Gasteiger partial charge in [-0.25, -0.2) is 0 Å². The minimum absolute atomic E-state index is 0.0805. The van der Waals surface area contributed by atoms with Gasteiger partial charge in [0.1, 0.15) is 11.1 Å². The lowest BCUT2D eigenvalue weighted by atomic mass is 10.1. The average molecular weight is 373 g/mol. The molecule has 2 aliphatic heterocycles. The molecule has 6 nitrogen and oxygen atoms in total. The summed E-state index contributed by atoms with van der Waals surface area (Å²) >= 11 is 1.60. The predicted octanol–water partition coefficient (Wildman–Crippen LogP) is 2.95. The number of amides is 1. The normalized spacial score (nSPS) is 18.4. The number of hydrogen-bond donors (Lipinski definition) is 1. The Balaban J connectivity index is 1.55. The third-order valence-corrected chi connectivity index (χ3v) is 5.77. The number of carbonyl (C=O) groups is 1. The molecule has 0 bridgehead atoms. The zero-order chi connectivity index (χ0) is 18.1.